The lowest BCUT2D eigenvalue weighted by molar-refractivity contribution is 0.100. The number of benzene rings is 2. The normalized spacial score (nSPS) is 14.2. The molecule has 0 atom stereocenters. The molecule has 0 aliphatic carbocycles. The molecule has 0 unspecified atom stereocenters. The predicted octanol–water partition coefficient (Wildman–Crippen LogP) is 3.17. The van der Waals surface area contributed by atoms with Crippen molar-refractivity contribution in [1.29, 1.82) is 0 Å². The molecule has 5 rings (SSSR count). The number of methoxy groups -OCH3 is 1. The summed E-state index contributed by atoms with van der Waals surface area (Å²) in [5, 5.41) is 14.6. The molecule has 35 heavy (non-hydrogen) atoms. The first kappa shape index (κ1) is 22.7. The van der Waals surface area contributed by atoms with Crippen molar-refractivity contribution in [3.8, 4) is 5.75 Å². The molecule has 1 aliphatic rings. The molecule has 180 valence electrons. The van der Waals surface area contributed by atoms with E-state index in [9.17, 15) is 9.18 Å². The summed E-state index contributed by atoms with van der Waals surface area (Å²) >= 11 is 0. The molecule has 1 amide bonds. The molecule has 1 saturated heterocycles. The van der Waals surface area contributed by atoms with Gasteiger partial charge in [0.1, 0.15) is 35.1 Å². The van der Waals surface area contributed by atoms with E-state index in [2.05, 4.69) is 31.9 Å². The van der Waals surface area contributed by atoms with Crippen LogP contribution in [0.25, 0.3) is 5.65 Å². The lowest BCUT2D eigenvalue weighted by Gasteiger charge is -2.24. The SMILES string of the molecule is COc1cc(C2CCNCC2)ccc1Nc1nc(Cc2ccccc2F)n2cnnc2c1C(N)=O. The van der Waals surface area contributed by atoms with E-state index < -0.39 is 5.91 Å². The predicted molar refractivity (Wildman–Crippen MR) is 130 cm³/mol. The van der Waals surface area contributed by atoms with Crippen molar-refractivity contribution in [1.82, 2.24) is 24.9 Å². The standard InChI is InChI=1S/C25H26FN7O2/c1-35-20-12-16(15-8-10-28-11-9-15)6-7-19(20)30-24-22(23(27)34)25-32-29-14-33(25)21(31-24)13-17-4-2-3-5-18(17)26/h2-7,12,14-15,28,30H,8-11,13H2,1H3,(H2,27,34). The summed E-state index contributed by atoms with van der Waals surface area (Å²) in [5.74, 6) is 0.679. The number of aromatic nitrogens is 4. The highest BCUT2D eigenvalue weighted by Crippen LogP contribution is 2.35. The van der Waals surface area contributed by atoms with Gasteiger partial charge in [-0.2, -0.15) is 0 Å². The third-order valence-corrected chi connectivity index (χ3v) is 6.37. The minimum atomic E-state index is -0.708. The summed E-state index contributed by atoms with van der Waals surface area (Å²) in [6.07, 6.45) is 3.72. The van der Waals surface area contributed by atoms with Crippen molar-refractivity contribution < 1.29 is 13.9 Å². The maximum absolute atomic E-state index is 14.4. The number of hydrogen-bond acceptors (Lipinski definition) is 7. The molecule has 9 nitrogen and oxygen atoms in total. The van der Waals surface area contributed by atoms with Gasteiger partial charge in [-0.1, -0.05) is 24.3 Å². The average molecular weight is 476 g/mol. The van der Waals surface area contributed by atoms with Gasteiger partial charge < -0.3 is 21.1 Å². The van der Waals surface area contributed by atoms with Crippen molar-refractivity contribution >= 4 is 23.1 Å². The van der Waals surface area contributed by atoms with Gasteiger partial charge in [-0.15, -0.1) is 10.2 Å². The van der Waals surface area contributed by atoms with E-state index in [0.717, 1.165) is 25.9 Å². The van der Waals surface area contributed by atoms with Crippen LogP contribution < -0.4 is 21.1 Å². The molecule has 1 fully saturated rings. The van der Waals surface area contributed by atoms with Crippen LogP contribution in [-0.2, 0) is 6.42 Å². The van der Waals surface area contributed by atoms with Crippen molar-refractivity contribution in [3.63, 3.8) is 0 Å². The fourth-order valence-electron chi connectivity index (χ4n) is 4.54. The first-order chi connectivity index (χ1) is 17.0. The van der Waals surface area contributed by atoms with E-state index in [1.807, 2.05) is 12.1 Å². The summed E-state index contributed by atoms with van der Waals surface area (Å²) in [6.45, 7) is 1.98. The van der Waals surface area contributed by atoms with Gasteiger partial charge in [0.25, 0.3) is 5.91 Å². The zero-order chi connectivity index (χ0) is 24.4. The van der Waals surface area contributed by atoms with Crippen molar-refractivity contribution in [3.05, 3.63) is 77.1 Å². The second-order valence-corrected chi connectivity index (χ2v) is 8.52. The monoisotopic (exact) mass is 475 g/mol. The van der Waals surface area contributed by atoms with Crippen LogP contribution in [0.15, 0.2) is 48.8 Å². The van der Waals surface area contributed by atoms with Crippen molar-refractivity contribution in [2.24, 2.45) is 5.73 Å². The van der Waals surface area contributed by atoms with Crippen molar-refractivity contribution in [2.75, 3.05) is 25.5 Å². The number of carbonyl (C=O) groups is 1. The Morgan fingerprint density at radius 3 is 2.80 bits per heavy atom. The van der Waals surface area contributed by atoms with Gasteiger partial charge >= 0.3 is 0 Å². The lowest BCUT2D eigenvalue weighted by atomic mass is 9.90. The van der Waals surface area contributed by atoms with Crippen LogP contribution in [0.1, 0.15) is 46.1 Å². The van der Waals surface area contributed by atoms with E-state index >= 15 is 0 Å². The van der Waals surface area contributed by atoms with Crippen LogP contribution in [0, 0.1) is 5.82 Å². The van der Waals surface area contributed by atoms with Crippen LogP contribution in [0.2, 0.25) is 0 Å². The highest BCUT2D eigenvalue weighted by molar-refractivity contribution is 6.04. The van der Waals surface area contributed by atoms with Gasteiger partial charge in [0, 0.05) is 6.42 Å². The van der Waals surface area contributed by atoms with Gasteiger partial charge in [0.05, 0.1) is 12.8 Å². The molecule has 0 bridgehead atoms. The number of anilines is 2. The third kappa shape index (κ3) is 4.52. The number of amides is 1. The summed E-state index contributed by atoms with van der Waals surface area (Å²) < 4.78 is 21.6. The lowest BCUT2D eigenvalue weighted by Crippen LogP contribution is -2.26. The van der Waals surface area contributed by atoms with Gasteiger partial charge in [0.15, 0.2) is 5.65 Å². The quantitative estimate of drug-likeness (QED) is 0.376. The number of nitrogens with one attached hydrogen (secondary N) is 2. The van der Waals surface area contributed by atoms with Gasteiger partial charge in [-0.05, 0) is 61.2 Å². The Labute approximate surface area is 201 Å². The van der Waals surface area contributed by atoms with E-state index in [4.69, 9.17) is 10.5 Å². The second-order valence-electron chi connectivity index (χ2n) is 8.52. The number of ether oxygens (including phenoxy) is 1. The molecule has 1 aliphatic heterocycles. The molecular weight excluding hydrogens is 449 g/mol. The molecule has 10 heteroatoms. The molecule has 0 saturated carbocycles. The summed E-state index contributed by atoms with van der Waals surface area (Å²) in [6, 6.07) is 12.4. The first-order valence-corrected chi connectivity index (χ1v) is 11.5. The number of carbonyl (C=O) groups excluding carboxylic acids is 1. The van der Waals surface area contributed by atoms with Gasteiger partial charge in [-0.25, -0.2) is 9.37 Å². The van der Waals surface area contributed by atoms with Crippen LogP contribution >= 0.6 is 0 Å². The largest absolute Gasteiger partial charge is 0.495 e. The molecule has 4 N–H and O–H groups in total. The Morgan fingerprint density at radius 2 is 2.06 bits per heavy atom. The fraction of sp³-hybridized carbons (Fsp3) is 0.280. The minimum absolute atomic E-state index is 0.0873. The molecule has 2 aromatic carbocycles. The van der Waals surface area contributed by atoms with E-state index in [1.54, 1.807) is 29.7 Å². The maximum Gasteiger partial charge on any atom is 0.256 e. The summed E-state index contributed by atoms with van der Waals surface area (Å²) in [5.41, 5.74) is 8.33. The van der Waals surface area contributed by atoms with Crippen LogP contribution in [0.5, 0.6) is 5.75 Å². The van der Waals surface area contributed by atoms with E-state index in [1.165, 1.54) is 18.0 Å². The number of nitrogens with zero attached hydrogens (tertiary/aromatic N) is 4. The van der Waals surface area contributed by atoms with Gasteiger partial charge in [-0.3, -0.25) is 9.20 Å². The number of halogens is 1. The van der Waals surface area contributed by atoms with Crippen LogP contribution in [0.3, 0.4) is 0 Å². The Kier molecular flexibility index (Phi) is 6.28. The number of primary amides is 1. The number of fused-ring (bicyclic) bond motifs is 1. The zero-order valence-corrected chi connectivity index (χ0v) is 19.3. The smallest absolute Gasteiger partial charge is 0.256 e. The zero-order valence-electron chi connectivity index (χ0n) is 19.3. The highest BCUT2D eigenvalue weighted by Gasteiger charge is 2.23. The molecule has 4 aromatic rings. The summed E-state index contributed by atoms with van der Waals surface area (Å²) in [7, 11) is 1.60. The van der Waals surface area contributed by atoms with Gasteiger partial charge in [0.2, 0.25) is 0 Å². The molecule has 2 aromatic heterocycles. The number of nitrogens with two attached hydrogens (primary N) is 1. The molecule has 3 heterocycles. The minimum Gasteiger partial charge on any atom is -0.495 e. The second kappa shape index (κ2) is 9.67. The first-order valence-electron chi connectivity index (χ1n) is 11.5. The Balaban J connectivity index is 1.56. The molecule has 0 radical (unpaired) electrons. The number of piperidine rings is 1. The Morgan fingerprint density at radius 1 is 1.26 bits per heavy atom. The van der Waals surface area contributed by atoms with E-state index in [0.29, 0.717) is 28.7 Å². The maximum atomic E-state index is 14.4. The third-order valence-electron chi connectivity index (χ3n) is 6.37. The number of hydrogen-bond donors (Lipinski definition) is 3. The highest BCUT2D eigenvalue weighted by atomic mass is 19.1. The fourth-order valence-corrected chi connectivity index (χ4v) is 4.54. The average Bonchev–Trinajstić information content (AvgIpc) is 3.36. The topological polar surface area (TPSA) is 119 Å². The van der Waals surface area contributed by atoms with Crippen LogP contribution in [0.4, 0.5) is 15.9 Å². The van der Waals surface area contributed by atoms with Crippen molar-refractivity contribution in [2.45, 2.75) is 25.2 Å². The molecular formula is C25H26FN7O2. The Bertz CT molecular complexity index is 1380. The van der Waals surface area contributed by atoms with E-state index in [-0.39, 0.29) is 29.3 Å². The molecule has 0 spiro atoms. The van der Waals surface area contributed by atoms with Crippen LogP contribution in [-0.4, -0.2) is 45.7 Å². The number of rotatable bonds is 7. The Hall–Kier alpha value is -4.05. The summed E-state index contributed by atoms with van der Waals surface area (Å²) in [4.78, 5) is 17.1.